The van der Waals surface area contributed by atoms with Crippen LogP contribution >= 0.6 is 0 Å². The topological polar surface area (TPSA) is 62.5 Å². The van der Waals surface area contributed by atoms with E-state index in [1.54, 1.807) is 13.0 Å². The number of hydrogen-bond donors (Lipinski definition) is 2. The summed E-state index contributed by atoms with van der Waals surface area (Å²) in [5.74, 6) is 0.0674. The van der Waals surface area contributed by atoms with Crippen LogP contribution in [0.5, 0.6) is 0 Å². The van der Waals surface area contributed by atoms with Gasteiger partial charge in [0.15, 0.2) is 5.76 Å². The first-order chi connectivity index (χ1) is 8.97. The minimum Gasteiger partial charge on any atom is -0.451 e. The molecule has 1 amide bonds. The van der Waals surface area contributed by atoms with E-state index >= 15 is 0 Å². The van der Waals surface area contributed by atoms with E-state index in [-0.39, 0.29) is 5.91 Å². The van der Waals surface area contributed by atoms with Crippen LogP contribution < -0.4 is 5.32 Å². The Kier molecular flexibility index (Phi) is 3.90. The first kappa shape index (κ1) is 13.6. The lowest BCUT2D eigenvalue weighted by Crippen LogP contribution is -2.26. The van der Waals surface area contributed by atoms with Crippen molar-refractivity contribution in [1.29, 1.82) is 0 Å². The molecule has 2 rings (SSSR count). The molecule has 0 aliphatic rings. The lowest BCUT2D eigenvalue weighted by atomic mass is 10.1. The van der Waals surface area contributed by atoms with Gasteiger partial charge in [-0.2, -0.15) is 0 Å². The molecule has 0 saturated heterocycles. The predicted octanol–water partition coefficient (Wildman–Crippen LogP) is 2.55. The molecule has 4 heteroatoms. The van der Waals surface area contributed by atoms with Gasteiger partial charge in [0, 0.05) is 11.9 Å². The maximum Gasteiger partial charge on any atom is 0.287 e. The van der Waals surface area contributed by atoms with Gasteiger partial charge >= 0.3 is 0 Å². The number of hydrogen-bond acceptors (Lipinski definition) is 3. The van der Waals surface area contributed by atoms with E-state index in [2.05, 4.69) is 5.32 Å². The fraction of sp³-hybridized carbons (Fsp3) is 0.400. The zero-order valence-electron chi connectivity index (χ0n) is 11.5. The summed E-state index contributed by atoms with van der Waals surface area (Å²) >= 11 is 0. The number of furan rings is 1. The number of benzene rings is 1. The third-order valence-corrected chi connectivity index (χ3v) is 3.20. The highest BCUT2D eigenvalue weighted by Gasteiger charge is 2.12. The van der Waals surface area contributed by atoms with Gasteiger partial charge in [0.2, 0.25) is 0 Å². The Bertz CT molecular complexity index is 560. The molecule has 19 heavy (non-hydrogen) atoms. The Morgan fingerprint density at radius 2 is 2.00 bits per heavy atom. The molecule has 0 saturated carbocycles. The second kappa shape index (κ2) is 5.45. The standard InChI is InChI=1S/C15H19NO3/c1-9-6-12-8-14(19-13(12)7-10(9)2)15(18)16-5-4-11(3)17/h6-8,11,17H,4-5H2,1-3H3,(H,16,18). The van der Waals surface area contributed by atoms with Crippen molar-refractivity contribution in [2.45, 2.75) is 33.3 Å². The van der Waals surface area contributed by atoms with Crippen molar-refractivity contribution in [1.82, 2.24) is 5.32 Å². The van der Waals surface area contributed by atoms with Gasteiger partial charge in [-0.25, -0.2) is 0 Å². The van der Waals surface area contributed by atoms with Crippen LogP contribution in [0.4, 0.5) is 0 Å². The van der Waals surface area contributed by atoms with Crippen LogP contribution in [0.25, 0.3) is 11.0 Å². The average molecular weight is 261 g/mol. The van der Waals surface area contributed by atoms with Crippen LogP contribution in [0.2, 0.25) is 0 Å². The highest BCUT2D eigenvalue weighted by Crippen LogP contribution is 2.23. The second-order valence-corrected chi connectivity index (χ2v) is 4.98. The number of rotatable bonds is 4. The molecule has 0 fully saturated rings. The number of aryl methyl sites for hydroxylation is 2. The molecular weight excluding hydrogens is 242 g/mol. The van der Waals surface area contributed by atoms with Gasteiger partial charge in [-0.15, -0.1) is 0 Å². The fourth-order valence-corrected chi connectivity index (χ4v) is 1.90. The van der Waals surface area contributed by atoms with E-state index in [1.807, 2.05) is 26.0 Å². The minimum atomic E-state index is -0.415. The Morgan fingerprint density at radius 3 is 2.68 bits per heavy atom. The van der Waals surface area contributed by atoms with Crippen molar-refractivity contribution in [2.24, 2.45) is 0 Å². The summed E-state index contributed by atoms with van der Waals surface area (Å²) in [6.45, 7) is 6.17. The molecule has 1 aromatic heterocycles. The molecule has 1 atom stereocenters. The Balaban J connectivity index is 2.14. The van der Waals surface area contributed by atoms with Crippen molar-refractivity contribution in [2.75, 3.05) is 6.54 Å². The Labute approximate surface area is 112 Å². The average Bonchev–Trinajstić information content (AvgIpc) is 2.72. The zero-order chi connectivity index (χ0) is 14.0. The maximum absolute atomic E-state index is 11.9. The lowest BCUT2D eigenvalue weighted by molar-refractivity contribution is 0.0920. The van der Waals surface area contributed by atoms with Crippen molar-refractivity contribution in [3.63, 3.8) is 0 Å². The van der Waals surface area contributed by atoms with Crippen LogP contribution in [0.1, 0.15) is 35.0 Å². The maximum atomic E-state index is 11.9. The Morgan fingerprint density at radius 1 is 1.32 bits per heavy atom. The third-order valence-electron chi connectivity index (χ3n) is 3.20. The van der Waals surface area contributed by atoms with E-state index < -0.39 is 6.10 Å². The van der Waals surface area contributed by atoms with Gasteiger partial charge < -0.3 is 14.8 Å². The highest BCUT2D eigenvalue weighted by atomic mass is 16.3. The van der Waals surface area contributed by atoms with Gasteiger partial charge in [-0.1, -0.05) is 0 Å². The van der Waals surface area contributed by atoms with Gasteiger partial charge in [0.1, 0.15) is 5.58 Å². The predicted molar refractivity (Wildman–Crippen MR) is 74.3 cm³/mol. The molecule has 1 unspecified atom stereocenters. The molecule has 1 heterocycles. The van der Waals surface area contributed by atoms with Gasteiger partial charge in [0.25, 0.3) is 5.91 Å². The normalized spacial score (nSPS) is 12.6. The van der Waals surface area contributed by atoms with E-state index in [0.29, 0.717) is 18.7 Å². The number of aliphatic hydroxyl groups excluding tert-OH is 1. The summed E-state index contributed by atoms with van der Waals surface area (Å²) in [6, 6.07) is 5.71. The molecule has 0 bridgehead atoms. The smallest absolute Gasteiger partial charge is 0.287 e. The molecule has 2 aromatic rings. The van der Waals surface area contributed by atoms with Crippen LogP contribution in [0.3, 0.4) is 0 Å². The number of amides is 1. The molecule has 2 N–H and O–H groups in total. The molecule has 1 aromatic carbocycles. The van der Waals surface area contributed by atoms with Crippen molar-refractivity contribution in [3.8, 4) is 0 Å². The summed E-state index contributed by atoms with van der Waals surface area (Å²) < 4.78 is 5.55. The van der Waals surface area contributed by atoms with E-state index in [0.717, 1.165) is 16.5 Å². The minimum absolute atomic E-state index is 0.243. The fourth-order valence-electron chi connectivity index (χ4n) is 1.90. The van der Waals surface area contributed by atoms with Crippen molar-refractivity contribution < 1.29 is 14.3 Å². The van der Waals surface area contributed by atoms with Crippen LogP contribution in [0, 0.1) is 13.8 Å². The van der Waals surface area contributed by atoms with Crippen molar-refractivity contribution in [3.05, 3.63) is 35.1 Å². The molecule has 0 radical (unpaired) electrons. The first-order valence-electron chi connectivity index (χ1n) is 6.44. The van der Waals surface area contributed by atoms with Gasteiger partial charge in [0.05, 0.1) is 6.10 Å². The molecule has 102 valence electrons. The lowest BCUT2D eigenvalue weighted by Gasteiger charge is -2.04. The quantitative estimate of drug-likeness (QED) is 0.889. The molecule has 0 spiro atoms. The van der Waals surface area contributed by atoms with Gasteiger partial charge in [-0.3, -0.25) is 4.79 Å². The van der Waals surface area contributed by atoms with E-state index in [4.69, 9.17) is 9.52 Å². The largest absolute Gasteiger partial charge is 0.451 e. The monoisotopic (exact) mass is 261 g/mol. The van der Waals surface area contributed by atoms with E-state index in [9.17, 15) is 4.79 Å². The molecular formula is C15H19NO3. The molecule has 0 aliphatic carbocycles. The molecule has 0 aliphatic heterocycles. The number of nitrogens with one attached hydrogen (secondary N) is 1. The summed E-state index contributed by atoms with van der Waals surface area (Å²) in [5, 5.41) is 12.8. The zero-order valence-corrected chi connectivity index (χ0v) is 11.5. The van der Waals surface area contributed by atoms with Crippen LogP contribution in [-0.2, 0) is 0 Å². The number of fused-ring (bicyclic) bond motifs is 1. The highest BCUT2D eigenvalue weighted by molar-refractivity contribution is 5.96. The Hall–Kier alpha value is -1.81. The SMILES string of the molecule is Cc1cc2cc(C(=O)NCCC(C)O)oc2cc1C. The first-order valence-corrected chi connectivity index (χ1v) is 6.44. The van der Waals surface area contributed by atoms with Crippen molar-refractivity contribution >= 4 is 16.9 Å². The molecule has 4 nitrogen and oxygen atoms in total. The van der Waals surface area contributed by atoms with Gasteiger partial charge in [-0.05, 0) is 56.5 Å². The summed E-state index contributed by atoms with van der Waals surface area (Å²) in [6.07, 6.45) is 0.116. The third kappa shape index (κ3) is 3.15. The number of carbonyl (C=O) groups is 1. The second-order valence-electron chi connectivity index (χ2n) is 4.98. The summed E-state index contributed by atoms with van der Waals surface area (Å²) in [7, 11) is 0. The van der Waals surface area contributed by atoms with Crippen LogP contribution in [0.15, 0.2) is 22.6 Å². The summed E-state index contributed by atoms with van der Waals surface area (Å²) in [4.78, 5) is 11.9. The van der Waals surface area contributed by atoms with Crippen LogP contribution in [-0.4, -0.2) is 23.7 Å². The summed E-state index contributed by atoms with van der Waals surface area (Å²) in [5.41, 5.74) is 3.04. The van der Waals surface area contributed by atoms with E-state index in [1.165, 1.54) is 5.56 Å². The number of carbonyl (C=O) groups excluding carboxylic acids is 1. The number of aliphatic hydroxyl groups is 1.